The van der Waals surface area contributed by atoms with Crippen molar-refractivity contribution in [1.82, 2.24) is 15.1 Å². The number of hydrogen-bond acceptors (Lipinski definition) is 4. The number of rotatable bonds is 3. The molecule has 0 radical (unpaired) electrons. The first-order chi connectivity index (χ1) is 11.9. The van der Waals surface area contributed by atoms with E-state index < -0.39 is 17.7 Å². The van der Waals surface area contributed by atoms with Crippen LogP contribution in [0.3, 0.4) is 0 Å². The van der Waals surface area contributed by atoms with Crippen LogP contribution in [-0.4, -0.2) is 33.8 Å². The van der Waals surface area contributed by atoms with Crippen molar-refractivity contribution in [3.63, 3.8) is 0 Å². The summed E-state index contributed by atoms with van der Waals surface area (Å²) in [5.74, 6) is -0.337. The highest BCUT2D eigenvalue weighted by Crippen LogP contribution is 2.24. The van der Waals surface area contributed by atoms with Crippen molar-refractivity contribution in [3.05, 3.63) is 47.0 Å². The first kappa shape index (κ1) is 17.1. The van der Waals surface area contributed by atoms with Gasteiger partial charge in [-0.15, -0.1) is 10.2 Å². The molecule has 0 atom stereocenters. The first-order valence-corrected chi connectivity index (χ1v) is 7.96. The van der Waals surface area contributed by atoms with Gasteiger partial charge in [0, 0.05) is 18.2 Å². The SMILES string of the molecule is CC(C)Oc1ccc(NC(=O)N2CCc3c(F)ccc(F)c3C2)nn1. The Labute approximate surface area is 143 Å². The van der Waals surface area contributed by atoms with Crippen LogP contribution >= 0.6 is 0 Å². The molecule has 1 aliphatic heterocycles. The van der Waals surface area contributed by atoms with Crippen LogP contribution in [0.5, 0.6) is 5.88 Å². The number of aromatic nitrogens is 2. The summed E-state index contributed by atoms with van der Waals surface area (Å²) >= 11 is 0. The van der Waals surface area contributed by atoms with E-state index in [0.29, 0.717) is 18.0 Å². The van der Waals surface area contributed by atoms with E-state index in [0.717, 1.165) is 12.1 Å². The molecule has 6 nitrogen and oxygen atoms in total. The Morgan fingerprint density at radius 3 is 2.52 bits per heavy atom. The van der Waals surface area contributed by atoms with Gasteiger partial charge in [0.1, 0.15) is 11.6 Å². The van der Waals surface area contributed by atoms with Crippen LogP contribution in [0.25, 0.3) is 0 Å². The van der Waals surface area contributed by atoms with Gasteiger partial charge < -0.3 is 9.64 Å². The van der Waals surface area contributed by atoms with E-state index in [4.69, 9.17) is 4.74 Å². The molecule has 8 heteroatoms. The van der Waals surface area contributed by atoms with E-state index in [9.17, 15) is 13.6 Å². The summed E-state index contributed by atoms with van der Waals surface area (Å²) in [6.07, 6.45) is 0.234. The third-order valence-electron chi connectivity index (χ3n) is 3.82. The average Bonchev–Trinajstić information content (AvgIpc) is 2.59. The summed E-state index contributed by atoms with van der Waals surface area (Å²) in [4.78, 5) is 13.7. The second-order valence-electron chi connectivity index (χ2n) is 6.01. The number of carbonyl (C=O) groups excluding carboxylic acids is 1. The molecule has 1 aromatic heterocycles. The van der Waals surface area contributed by atoms with Crippen molar-refractivity contribution >= 4 is 11.8 Å². The van der Waals surface area contributed by atoms with Crippen molar-refractivity contribution in [2.75, 3.05) is 11.9 Å². The molecule has 1 aromatic carbocycles. The van der Waals surface area contributed by atoms with Crippen LogP contribution in [0.4, 0.5) is 19.4 Å². The van der Waals surface area contributed by atoms with Gasteiger partial charge >= 0.3 is 6.03 Å². The minimum Gasteiger partial charge on any atom is -0.474 e. The summed E-state index contributed by atoms with van der Waals surface area (Å²) in [5.41, 5.74) is 0.548. The normalized spacial score (nSPS) is 13.6. The van der Waals surface area contributed by atoms with Crippen LogP contribution in [-0.2, 0) is 13.0 Å². The number of fused-ring (bicyclic) bond motifs is 1. The van der Waals surface area contributed by atoms with Crippen LogP contribution < -0.4 is 10.1 Å². The van der Waals surface area contributed by atoms with Crippen molar-refractivity contribution in [2.45, 2.75) is 32.9 Å². The highest BCUT2D eigenvalue weighted by molar-refractivity contribution is 5.88. The van der Waals surface area contributed by atoms with Gasteiger partial charge in [0.25, 0.3) is 0 Å². The smallest absolute Gasteiger partial charge is 0.323 e. The standard InChI is InChI=1S/C17H18F2N4O2/c1-10(2)25-16-6-5-15(21-22-16)20-17(24)23-8-7-11-12(9-23)14(19)4-3-13(11)18/h3-6,10H,7-9H2,1-2H3,(H,20,21,24). The Hall–Kier alpha value is -2.77. The number of anilines is 1. The van der Waals surface area contributed by atoms with Crippen LogP contribution in [0, 0.1) is 11.6 Å². The van der Waals surface area contributed by atoms with Gasteiger partial charge in [0.05, 0.1) is 12.6 Å². The van der Waals surface area contributed by atoms with E-state index in [1.54, 1.807) is 12.1 Å². The van der Waals surface area contributed by atoms with Crippen molar-refractivity contribution < 1.29 is 18.3 Å². The van der Waals surface area contributed by atoms with E-state index in [-0.39, 0.29) is 30.5 Å². The molecule has 25 heavy (non-hydrogen) atoms. The molecule has 0 saturated carbocycles. The molecular formula is C17H18F2N4O2. The topological polar surface area (TPSA) is 67.3 Å². The second kappa shape index (κ2) is 7.00. The molecule has 1 aliphatic rings. The summed E-state index contributed by atoms with van der Waals surface area (Å²) in [5, 5.41) is 10.3. The predicted octanol–water partition coefficient (Wildman–Crippen LogP) is 3.13. The minimum atomic E-state index is -0.510. The zero-order valence-corrected chi connectivity index (χ0v) is 13.9. The number of amides is 2. The zero-order chi connectivity index (χ0) is 18.0. The summed E-state index contributed by atoms with van der Waals surface area (Å²) in [6, 6.07) is 4.92. The van der Waals surface area contributed by atoms with Crippen molar-refractivity contribution in [2.24, 2.45) is 0 Å². The average molecular weight is 348 g/mol. The van der Waals surface area contributed by atoms with Gasteiger partial charge in [-0.1, -0.05) is 0 Å². The Morgan fingerprint density at radius 1 is 1.16 bits per heavy atom. The lowest BCUT2D eigenvalue weighted by molar-refractivity contribution is 0.204. The lowest BCUT2D eigenvalue weighted by Gasteiger charge is -2.29. The van der Waals surface area contributed by atoms with Gasteiger partial charge in [-0.25, -0.2) is 13.6 Å². The number of ether oxygens (including phenoxy) is 1. The number of nitrogens with one attached hydrogen (secondary N) is 1. The minimum absolute atomic E-state index is 0.00668. The summed E-state index contributed by atoms with van der Waals surface area (Å²) < 4.78 is 33.0. The quantitative estimate of drug-likeness (QED) is 0.925. The fourth-order valence-electron chi connectivity index (χ4n) is 2.65. The van der Waals surface area contributed by atoms with Gasteiger partial charge in [-0.05, 0) is 44.0 Å². The maximum atomic E-state index is 13.9. The largest absolute Gasteiger partial charge is 0.474 e. The second-order valence-corrected chi connectivity index (χ2v) is 6.01. The highest BCUT2D eigenvalue weighted by atomic mass is 19.1. The Kier molecular flexibility index (Phi) is 4.78. The Balaban J connectivity index is 1.67. The van der Waals surface area contributed by atoms with E-state index >= 15 is 0 Å². The van der Waals surface area contributed by atoms with E-state index in [1.165, 1.54) is 4.90 Å². The third-order valence-corrected chi connectivity index (χ3v) is 3.82. The first-order valence-electron chi connectivity index (χ1n) is 7.96. The lowest BCUT2D eigenvalue weighted by atomic mass is 9.99. The van der Waals surface area contributed by atoms with E-state index in [1.807, 2.05) is 13.8 Å². The van der Waals surface area contributed by atoms with E-state index in [2.05, 4.69) is 15.5 Å². The fraction of sp³-hybridized carbons (Fsp3) is 0.353. The van der Waals surface area contributed by atoms with Crippen LogP contribution in [0.2, 0.25) is 0 Å². The molecule has 0 spiro atoms. The number of nitrogens with zero attached hydrogens (tertiary/aromatic N) is 3. The molecular weight excluding hydrogens is 330 g/mol. The number of carbonyl (C=O) groups is 1. The molecule has 2 aromatic rings. The van der Waals surface area contributed by atoms with Gasteiger partial charge in [-0.2, -0.15) is 0 Å². The molecule has 2 heterocycles. The number of benzene rings is 1. The molecule has 1 N–H and O–H groups in total. The van der Waals surface area contributed by atoms with Gasteiger partial charge in [0.2, 0.25) is 5.88 Å². The van der Waals surface area contributed by atoms with Crippen molar-refractivity contribution in [1.29, 1.82) is 0 Å². The predicted molar refractivity (Wildman–Crippen MR) is 87.3 cm³/mol. The number of halogens is 2. The Morgan fingerprint density at radius 2 is 1.88 bits per heavy atom. The summed E-state index contributed by atoms with van der Waals surface area (Å²) in [7, 11) is 0. The molecule has 0 bridgehead atoms. The number of urea groups is 1. The van der Waals surface area contributed by atoms with Crippen molar-refractivity contribution in [3.8, 4) is 5.88 Å². The maximum Gasteiger partial charge on any atom is 0.323 e. The van der Waals surface area contributed by atoms with Crippen LogP contribution in [0.15, 0.2) is 24.3 Å². The lowest BCUT2D eigenvalue weighted by Crippen LogP contribution is -2.39. The zero-order valence-electron chi connectivity index (χ0n) is 13.9. The molecule has 132 valence electrons. The molecule has 0 fully saturated rings. The molecule has 3 rings (SSSR count). The molecule has 0 aliphatic carbocycles. The van der Waals surface area contributed by atoms with Crippen LogP contribution in [0.1, 0.15) is 25.0 Å². The number of hydrogen-bond donors (Lipinski definition) is 1. The summed E-state index contributed by atoms with van der Waals surface area (Å²) in [6.45, 7) is 4.04. The van der Waals surface area contributed by atoms with Gasteiger partial charge in [-0.3, -0.25) is 5.32 Å². The maximum absolute atomic E-state index is 13.9. The Bertz CT molecular complexity index is 781. The monoisotopic (exact) mass is 348 g/mol. The molecule has 0 unspecified atom stereocenters. The molecule has 2 amide bonds. The third kappa shape index (κ3) is 3.84. The molecule has 0 saturated heterocycles. The van der Waals surface area contributed by atoms with Gasteiger partial charge in [0.15, 0.2) is 5.82 Å². The fourth-order valence-corrected chi connectivity index (χ4v) is 2.65. The highest BCUT2D eigenvalue weighted by Gasteiger charge is 2.25.